The molecule has 0 fully saturated rings. The van der Waals surface area contributed by atoms with Gasteiger partial charge in [-0.25, -0.2) is 0 Å². The quantitative estimate of drug-likeness (QED) is 0.147. The van der Waals surface area contributed by atoms with Gasteiger partial charge in [-0.1, -0.05) is 188 Å². The van der Waals surface area contributed by atoms with Gasteiger partial charge in [0.2, 0.25) is 0 Å². The molecule has 0 atom stereocenters. The van der Waals surface area contributed by atoms with Crippen LogP contribution in [-0.2, 0) is 0 Å². The SMILES string of the molecule is c1ccc2c(-c3ccc(N(c4ccc5ccc6c(N(c7cccc8ccccc78)c7cccc8c7sc7ccccc78)ccc7ccc4c5c76)c4cccc5c4sc4ccccc45)cc3)cccc2c1. The second-order valence-electron chi connectivity index (χ2n) is 18.3. The molecule has 326 valence electrons. The molecular weight excluding hydrogens is 885 g/mol. The maximum atomic E-state index is 2.54. The maximum absolute atomic E-state index is 2.54. The number of benzene rings is 13. The van der Waals surface area contributed by atoms with Crippen LogP contribution in [0.3, 0.4) is 0 Å². The Balaban J connectivity index is 0.984. The first-order valence-electron chi connectivity index (χ1n) is 23.9. The number of fused-ring (bicyclic) bond motifs is 8. The molecule has 0 spiro atoms. The van der Waals surface area contributed by atoms with Crippen LogP contribution in [-0.4, -0.2) is 0 Å². The van der Waals surface area contributed by atoms with Crippen LogP contribution in [0.1, 0.15) is 0 Å². The largest absolute Gasteiger partial charge is 0.308 e. The van der Waals surface area contributed by atoms with Gasteiger partial charge in [0.1, 0.15) is 0 Å². The van der Waals surface area contributed by atoms with Crippen LogP contribution < -0.4 is 9.80 Å². The summed E-state index contributed by atoms with van der Waals surface area (Å²) in [5.41, 5.74) is 9.37. The van der Waals surface area contributed by atoms with E-state index in [0.717, 1.165) is 22.7 Å². The van der Waals surface area contributed by atoms with Gasteiger partial charge < -0.3 is 9.80 Å². The lowest BCUT2D eigenvalue weighted by Crippen LogP contribution is -2.12. The van der Waals surface area contributed by atoms with Crippen LogP contribution in [0.25, 0.3) is 105 Å². The molecule has 70 heavy (non-hydrogen) atoms. The van der Waals surface area contributed by atoms with Crippen LogP contribution >= 0.6 is 22.7 Å². The molecule has 15 rings (SSSR count). The summed E-state index contributed by atoms with van der Waals surface area (Å²) in [4.78, 5) is 5.06. The summed E-state index contributed by atoms with van der Waals surface area (Å²) < 4.78 is 5.14. The summed E-state index contributed by atoms with van der Waals surface area (Å²) in [5.74, 6) is 0. The van der Waals surface area contributed by atoms with Crippen molar-refractivity contribution in [3.8, 4) is 11.1 Å². The highest BCUT2D eigenvalue weighted by molar-refractivity contribution is 7.26. The molecule has 2 nitrogen and oxygen atoms in total. The van der Waals surface area contributed by atoms with Crippen molar-refractivity contribution in [2.75, 3.05) is 9.80 Å². The average molecular weight is 925 g/mol. The van der Waals surface area contributed by atoms with Gasteiger partial charge in [-0.3, -0.25) is 0 Å². The average Bonchev–Trinajstić information content (AvgIpc) is 4.01. The first-order valence-corrected chi connectivity index (χ1v) is 25.5. The van der Waals surface area contributed by atoms with Crippen LogP contribution in [0.2, 0.25) is 0 Å². The summed E-state index contributed by atoms with van der Waals surface area (Å²) in [7, 11) is 0. The fourth-order valence-corrected chi connectivity index (χ4v) is 13.9. The third-order valence-electron chi connectivity index (χ3n) is 14.6. The number of hydrogen-bond donors (Lipinski definition) is 0. The van der Waals surface area contributed by atoms with Crippen molar-refractivity contribution in [3.63, 3.8) is 0 Å². The molecule has 0 saturated carbocycles. The normalized spacial score (nSPS) is 12.0. The minimum absolute atomic E-state index is 1.11. The van der Waals surface area contributed by atoms with Gasteiger partial charge >= 0.3 is 0 Å². The van der Waals surface area contributed by atoms with Crippen LogP contribution in [0, 0.1) is 0 Å². The maximum Gasteiger partial charge on any atom is 0.0640 e. The van der Waals surface area contributed by atoms with E-state index in [9.17, 15) is 0 Å². The van der Waals surface area contributed by atoms with Gasteiger partial charge in [0.05, 0.1) is 37.8 Å². The van der Waals surface area contributed by atoms with Crippen molar-refractivity contribution in [2.24, 2.45) is 0 Å². The number of rotatable bonds is 7. The third kappa shape index (κ3) is 5.91. The Morgan fingerprint density at radius 1 is 0.243 bits per heavy atom. The second-order valence-corrected chi connectivity index (χ2v) is 20.4. The smallest absolute Gasteiger partial charge is 0.0640 e. The van der Waals surface area contributed by atoms with Crippen molar-refractivity contribution in [3.05, 3.63) is 243 Å². The molecule has 0 aliphatic carbocycles. The minimum Gasteiger partial charge on any atom is -0.308 e. The van der Waals surface area contributed by atoms with Crippen molar-refractivity contribution < 1.29 is 0 Å². The predicted octanol–water partition coefficient (Wildman–Crippen LogP) is 20.2. The predicted molar refractivity (Wildman–Crippen MR) is 306 cm³/mol. The number of nitrogens with zero attached hydrogens (tertiary/aromatic N) is 2. The van der Waals surface area contributed by atoms with Crippen LogP contribution in [0.15, 0.2) is 243 Å². The van der Waals surface area contributed by atoms with E-state index < -0.39 is 0 Å². The lowest BCUT2D eigenvalue weighted by atomic mass is 9.91. The van der Waals surface area contributed by atoms with Gasteiger partial charge in [0.15, 0.2) is 0 Å². The van der Waals surface area contributed by atoms with E-state index in [1.165, 1.54) is 117 Å². The lowest BCUT2D eigenvalue weighted by Gasteiger charge is -2.30. The van der Waals surface area contributed by atoms with Crippen LogP contribution in [0.4, 0.5) is 34.1 Å². The Hall–Kier alpha value is -8.54. The summed E-state index contributed by atoms with van der Waals surface area (Å²) in [6.45, 7) is 0. The zero-order valence-electron chi connectivity index (χ0n) is 37.8. The topological polar surface area (TPSA) is 6.48 Å². The Bertz CT molecular complexity index is 4550. The molecule has 2 aromatic heterocycles. The second kappa shape index (κ2) is 15.5. The Morgan fingerprint density at radius 3 is 1.30 bits per heavy atom. The standard InChI is InChI=1S/C66H40N2S2/c1-3-17-47-41(13-1)15-9-21-48(47)43-29-35-46(36-30-43)67(59-25-11-22-52-50-19-5-7-27-61(50)69-65(52)59)57-39-33-44-32-38-55-58(40-34-45-31-37-54(57)63(44)64(45)55)68(56-24-10-16-42-14-2-4-18-49(42)56)60-26-12-23-53-51-20-6-8-28-62(51)70-66(53)60/h1-40H. The van der Waals surface area contributed by atoms with E-state index in [-0.39, 0.29) is 0 Å². The van der Waals surface area contributed by atoms with Gasteiger partial charge in [-0.05, 0) is 103 Å². The van der Waals surface area contributed by atoms with Crippen molar-refractivity contribution >= 4 is 151 Å². The van der Waals surface area contributed by atoms with Gasteiger partial charge in [0, 0.05) is 52.8 Å². The molecule has 0 saturated heterocycles. The van der Waals surface area contributed by atoms with E-state index in [0.29, 0.717) is 0 Å². The fourth-order valence-electron chi connectivity index (χ4n) is 11.4. The minimum atomic E-state index is 1.11. The molecule has 13 aromatic carbocycles. The van der Waals surface area contributed by atoms with E-state index in [1.54, 1.807) is 0 Å². The molecule has 0 amide bonds. The Kier molecular flexibility index (Phi) is 8.73. The molecule has 0 unspecified atom stereocenters. The zero-order valence-corrected chi connectivity index (χ0v) is 39.4. The highest BCUT2D eigenvalue weighted by atomic mass is 32.1. The molecule has 4 heteroatoms. The highest BCUT2D eigenvalue weighted by Crippen LogP contribution is 2.52. The fraction of sp³-hybridized carbons (Fsp3) is 0. The molecule has 0 N–H and O–H groups in total. The highest BCUT2D eigenvalue weighted by Gasteiger charge is 2.25. The molecule has 0 bridgehead atoms. The van der Waals surface area contributed by atoms with Crippen molar-refractivity contribution in [2.45, 2.75) is 0 Å². The molecule has 0 aliphatic rings. The first-order chi connectivity index (χ1) is 34.7. The Morgan fingerprint density at radius 2 is 0.671 bits per heavy atom. The van der Waals surface area contributed by atoms with Gasteiger partial charge in [0.25, 0.3) is 0 Å². The lowest BCUT2D eigenvalue weighted by molar-refractivity contribution is 1.32. The van der Waals surface area contributed by atoms with Crippen LogP contribution in [0.5, 0.6) is 0 Å². The molecule has 15 aromatic rings. The third-order valence-corrected chi connectivity index (χ3v) is 17.0. The summed E-state index contributed by atoms with van der Waals surface area (Å²) in [5, 5.41) is 17.5. The summed E-state index contributed by atoms with van der Waals surface area (Å²) in [6, 6.07) is 90.2. The number of anilines is 6. The Labute approximate surface area is 412 Å². The van der Waals surface area contributed by atoms with Gasteiger partial charge in [-0.2, -0.15) is 0 Å². The molecule has 2 heterocycles. The molecule has 0 aliphatic heterocycles. The monoisotopic (exact) mass is 924 g/mol. The van der Waals surface area contributed by atoms with E-state index in [1.807, 2.05) is 22.7 Å². The molecular formula is C66H40N2S2. The van der Waals surface area contributed by atoms with E-state index in [4.69, 9.17) is 0 Å². The summed E-state index contributed by atoms with van der Waals surface area (Å²) in [6.07, 6.45) is 0. The van der Waals surface area contributed by atoms with Gasteiger partial charge in [-0.15, -0.1) is 22.7 Å². The molecule has 0 radical (unpaired) electrons. The number of thiophene rings is 2. The van der Waals surface area contributed by atoms with E-state index >= 15 is 0 Å². The summed E-state index contributed by atoms with van der Waals surface area (Å²) >= 11 is 3.76. The van der Waals surface area contributed by atoms with Crippen molar-refractivity contribution in [1.29, 1.82) is 0 Å². The van der Waals surface area contributed by atoms with Crippen molar-refractivity contribution in [1.82, 2.24) is 0 Å². The zero-order chi connectivity index (χ0) is 45.9. The first kappa shape index (κ1) is 39.5. The van der Waals surface area contributed by atoms with E-state index in [2.05, 4.69) is 252 Å². The number of hydrogen-bond acceptors (Lipinski definition) is 4.